The van der Waals surface area contributed by atoms with Crippen LogP contribution in [0.15, 0.2) is 138 Å². The average Bonchev–Trinajstić information content (AvgIpc) is 2.89. The van der Waals surface area contributed by atoms with Crippen molar-refractivity contribution in [3.63, 3.8) is 0 Å². The number of hydrogen-bond donors (Lipinski definition) is 0. The molecule has 2 aliphatic heterocycles. The maximum atomic E-state index is 4.14. The maximum Gasteiger partial charge on any atom is 0.0683 e. The summed E-state index contributed by atoms with van der Waals surface area (Å²) in [5.41, 5.74) is 5.87. The normalized spacial score (nSPS) is 26.7. The molecule has 3 atom stereocenters. The van der Waals surface area contributed by atoms with Crippen LogP contribution in [0.1, 0.15) is 13.8 Å². The first-order chi connectivity index (χ1) is 16.6. The summed E-state index contributed by atoms with van der Waals surface area (Å²) < 4.78 is 0. The molecule has 3 unspecified atom stereocenters. The standard InChI is InChI=1S/C31H30N2S/c1-23-11-8-9-22-32(25(3)13-10-12-24(23)2)26-18-20-27(21-19-26)33-28-14-4-6-16-30(28)34-31-17-7-5-15-29(31)33/h4-22,25,28,30H,1H2,2-3H3/b11-8-,13-10-,22-9-,24-12?. The molecule has 0 fully saturated rings. The van der Waals surface area contributed by atoms with Crippen LogP contribution >= 0.6 is 11.8 Å². The van der Waals surface area contributed by atoms with Gasteiger partial charge in [-0.15, -0.1) is 11.8 Å². The molecule has 2 nitrogen and oxygen atoms in total. The van der Waals surface area contributed by atoms with Crippen molar-refractivity contribution in [1.29, 1.82) is 0 Å². The van der Waals surface area contributed by atoms with Gasteiger partial charge in [-0.2, -0.15) is 0 Å². The number of fused-ring (bicyclic) bond motifs is 2. The minimum atomic E-state index is 0.217. The molecule has 0 amide bonds. The van der Waals surface area contributed by atoms with Gasteiger partial charge in [-0.3, -0.25) is 0 Å². The Morgan fingerprint density at radius 3 is 2.44 bits per heavy atom. The predicted molar refractivity (Wildman–Crippen MR) is 149 cm³/mol. The number of allylic oxidation sites excluding steroid dienone is 9. The van der Waals surface area contributed by atoms with E-state index >= 15 is 0 Å². The summed E-state index contributed by atoms with van der Waals surface area (Å²) in [5.74, 6) is 0. The fourth-order valence-electron chi connectivity index (χ4n) is 4.54. The quantitative estimate of drug-likeness (QED) is 0.445. The second-order valence-electron chi connectivity index (χ2n) is 8.81. The second-order valence-corrected chi connectivity index (χ2v) is 10.0. The molecule has 2 heterocycles. The first-order valence-electron chi connectivity index (χ1n) is 11.8. The van der Waals surface area contributed by atoms with Crippen LogP contribution in [0.25, 0.3) is 0 Å². The van der Waals surface area contributed by atoms with Crippen molar-refractivity contribution in [3.8, 4) is 0 Å². The highest BCUT2D eigenvalue weighted by Gasteiger charge is 2.33. The van der Waals surface area contributed by atoms with Gasteiger partial charge in [0.25, 0.3) is 0 Å². The SMILES string of the molecule is C=C1/C=C\C=C/N(c2ccc(N3c4ccccc4SC4C=CC=CC43)cc2)C(C)/C=C\C=C1C. The molecule has 3 heteroatoms. The van der Waals surface area contributed by atoms with Gasteiger partial charge in [0.1, 0.15) is 0 Å². The Balaban J connectivity index is 1.48. The van der Waals surface area contributed by atoms with Crippen molar-refractivity contribution in [1.82, 2.24) is 0 Å². The smallest absolute Gasteiger partial charge is 0.0683 e. The number of hydrogen-bond acceptors (Lipinski definition) is 3. The first-order valence-corrected chi connectivity index (χ1v) is 12.7. The summed E-state index contributed by atoms with van der Waals surface area (Å²) in [6.07, 6.45) is 23.8. The molecule has 0 bridgehead atoms. The summed E-state index contributed by atoms with van der Waals surface area (Å²) in [6, 6.07) is 18.2. The van der Waals surface area contributed by atoms with E-state index in [1.54, 1.807) is 0 Å². The van der Waals surface area contributed by atoms with Crippen molar-refractivity contribution >= 4 is 28.8 Å². The van der Waals surface area contributed by atoms with E-state index in [-0.39, 0.29) is 6.04 Å². The number of benzene rings is 2. The minimum absolute atomic E-state index is 0.217. The van der Waals surface area contributed by atoms with Crippen LogP contribution < -0.4 is 9.80 Å². The van der Waals surface area contributed by atoms with E-state index in [1.807, 2.05) is 11.8 Å². The molecule has 1 aliphatic carbocycles. The Morgan fingerprint density at radius 2 is 1.59 bits per heavy atom. The number of anilines is 3. The van der Waals surface area contributed by atoms with Gasteiger partial charge in [0.15, 0.2) is 0 Å². The van der Waals surface area contributed by atoms with Crippen molar-refractivity contribution in [2.45, 2.75) is 36.1 Å². The fourth-order valence-corrected chi connectivity index (χ4v) is 5.80. The van der Waals surface area contributed by atoms with Crippen LogP contribution in [-0.4, -0.2) is 17.3 Å². The van der Waals surface area contributed by atoms with Crippen LogP contribution in [0.3, 0.4) is 0 Å². The molecule has 0 radical (unpaired) electrons. The Labute approximate surface area is 207 Å². The summed E-state index contributed by atoms with van der Waals surface area (Å²) in [5, 5.41) is 0.414. The lowest BCUT2D eigenvalue weighted by atomic mass is 10.0. The van der Waals surface area contributed by atoms with Crippen molar-refractivity contribution in [2.75, 3.05) is 9.80 Å². The highest BCUT2D eigenvalue weighted by atomic mass is 32.2. The monoisotopic (exact) mass is 462 g/mol. The maximum absolute atomic E-state index is 4.14. The fraction of sp³-hybridized carbons (Fsp3) is 0.161. The summed E-state index contributed by atoms with van der Waals surface area (Å²) in [7, 11) is 0. The zero-order chi connectivity index (χ0) is 23.5. The van der Waals surface area contributed by atoms with E-state index in [1.165, 1.54) is 27.5 Å². The zero-order valence-corrected chi connectivity index (χ0v) is 20.5. The van der Waals surface area contributed by atoms with Crippen LogP contribution in [0.5, 0.6) is 0 Å². The van der Waals surface area contributed by atoms with E-state index < -0.39 is 0 Å². The Bertz CT molecular complexity index is 1240. The van der Waals surface area contributed by atoms with Crippen molar-refractivity contribution < 1.29 is 0 Å². The third-order valence-corrected chi connectivity index (χ3v) is 7.81. The number of rotatable bonds is 2. The Kier molecular flexibility index (Phi) is 6.46. The van der Waals surface area contributed by atoms with Crippen molar-refractivity contribution in [3.05, 3.63) is 133 Å². The number of thioether (sulfide) groups is 1. The minimum Gasteiger partial charge on any atom is -0.341 e. The van der Waals surface area contributed by atoms with E-state index in [0.29, 0.717) is 11.3 Å². The largest absolute Gasteiger partial charge is 0.341 e. The number of nitrogens with zero attached hydrogens (tertiary/aromatic N) is 2. The Morgan fingerprint density at radius 1 is 0.824 bits per heavy atom. The van der Waals surface area contributed by atoms with E-state index in [9.17, 15) is 0 Å². The van der Waals surface area contributed by atoms with Gasteiger partial charge in [-0.25, -0.2) is 0 Å². The molecule has 0 aromatic heterocycles. The first kappa shape index (κ1) is 22.4. The molecule has 0 spiro atoms. The van der Waals surface area contributed by atoms with E-state index in [2.05, 4.69) is 146 Å². The highest BCUT2D eigenvalue weighted by Crippen LogP contribution is 2.47. The molecule has 2 aromatic rings. The molecule has 0 N–H and O–H groups in total. The molecule has 0 saturated carbocycles. The van der Waals surface area contributed by atoms with Crippen LogP contribution in [-0.2, 0) is 0 Å². The van der Waals surface area contributed by atoms with E-state index in [4.69, 9.17) is 0 Å². The lowest BCUT2D eigenvalue weighted by molar-refractivity contribution is 0.778. The van der Waals surface area contributed by atoms with Gasteiger partial charge in [0, 0.05) is 28.5 Å². The molecule has 5 rings (SSSR count). The van der Waals surface area contributed by atoms with Crippen LogP contribution in [0.2, 0.25) is 0 Å². The third-order valence-electron chi connectivity index (χ3n) is 6.51. The molecule has 2 aromatic carbocycles. The zero-order valence-electron chi connectivity index (χ0n) is 19.7. The van der Waals surface area contributed by atoms with Gasteiger partial charge in [-0.1, -0.05) is 73.4 Å². The van der Waals surface area contributed by atoms with Gasteiger partial charge in [0.05, 0.1) is 17.0 Å². The number of para-hydroxylation sites is 1. The highest BCUT2D eigenvalue weighted by molar-refractivity contribution is 8.00. The molecule has 34 heavy (non-hydrogen) atoms. The predicted octanol–water partition coefficient (Wildman–Crippen LogP) is 8.13. The average molecular weight is 463 g/mol. The molecule has 170 valence electrons. The van der Waals surface area contributed by atoms with Gasteiger partial charge in [-0.05, 0) is 67.5 Å². The molecule has 3 aliphatic rings. The molecular weight excluding hydrogens is 432 g/mol. The second kappa shape index (κ2) is 9.82. The molecular formula is C31H30N2S. The Hall–Kier alpha value is -3.43. The van der Waals surface area contributed by atoms with E-state index in [0.717, 1.165) is 5.57 Å². The molecule has 0 saturated heterocycles. The lowest BCUT2D eigenvalue weighted by Crippen LogP contribution is -2.41. The van der Waals surface area contributed by atoms with Gasteiger partial charge in [0.2, 0.25) is 0 Å². The van der Waals surface area contributed by atoms with Gasteiger partial charge >= 0.3 is 0 Å². The summed E-state index contributed by atoms with van der Waals surface area (Å²) >= 11 is 1.95. The summed E-state index contributed by atoms with van der Waals surface area (Å²) in [4.78, 5) is 6.11. The summed E-state index contributed by atoms with van der Waals surface area (Å²) in [6.45, 7) is 8.46. The third kappa shape index (κ3) is 4.49. The topological polar surface area (TPSA) is 6.48 Å². The van der Waals surface area contributed by atoms with Crippen molar-refractivity contribution in [2.24, 2.45) is 0 Å². The van der Waals surface area contributed by atoms with Crippen LogP contribution in [0, 0.1) is 0 Å². The lowest BCUT2D eigenvalue weighted by Gasteiger charge is -2.42. The van der Waals surface area contributed by atoms with Crippen LogP contribution in [0.4, 0.5) is 17.1 Å². The van der Waals surface area contributed by atoms with Gasteiger partial charge < -0.3 is 9.80 Å².